The minimum atomic E-state index is -1.55. The molecule has 0 aliphatic carbocycles. The predicted octanol–water partition coefficient (Wildman–Crippen LogP) is 1.12. The predicted molar refractivity (Wildman–Crippen MR) is 181 cm³/mol. The minimum absolute atomic E-state index is 0.0171. The number of rotatable bonds is 15. The molecule has 14 heteroatoms. The van der Waals surface area contributed by atoms with Crippen LogP contribution in [0.3, 0.4) is 0 Å². The van der Waals surface area contributed by atoms with Gasteiger partial charge in [0.15, 0.2) is 0 Å². The average molecular weight is 668 g/mol. The normalized spacial score (nSPS) is 13.7. The average Bonchev–Trinajstić information content (AvgIpc) is 3.68. The van der Waals surface area contributed by atoms with Crippen LogP contribution in [0.1, 0.15) is 23.1 Å². The van der Waals surface area contributed by atoms with E-state index in [1.165, 1.54) is 12.1 Å². The Morgan fingerprint density at radius 1 is 0.653 bits per heavy atom. The summed E-state index contributed by atoms with van der Waals surface area (Å²) in [7, 11) is 0. The Kier molecular flexibility index (Phi) is 10.6. The van der Waals surface area contributed by atoms with E-state index in [4.69, 9.17) is 11.5 Å². The highest BCUT2D eigenvalue weighted by Gasteiger charge is 2.32. The Hall–Kier alpha value is -6.15. The van der Waals surface area contributed by atoms with Crippen LogP contribution in [0, 0.1) is 0 Å². The molecule has 2 heterocycles. The lowest BCUT2D eigenvalue weighted by atomic mass is 10.0. The van der Waals surface area contributed by atoms with Gasteiger partial charge in [0.1, 0.15) is 23.9 Å². The van der Waals surface area contributed by atoms with Gasteiger partial charge in [0.2, 0.25) is 23.6 Å². The number of amides is 4. The fraction of sp³-hybridized carbons (Fsp3) is 0.229. The number of nitrogens with two attached hydrogens (primary N) is 2. The Morgan fingerprint density at radius 2 is 1.14 bits per heavy atom. The molecule has 14 nitrogen and oxygen atoms in total. The number of nitrogens with one attached hydrogen (secondary N) is 5. The van der Waals surface area contributed by atoms with Gasteiger partial charge < -0.3 is 47.6 Å². The van der Waals surface area contributed by atoms with Crippen LogP contribution in [0.4, 0.5) is 0 Å². The zero-order chi connectivity index (χ0) is 35.1. The topological polar surface area (TPSA) is 246 Å². The molecule has 2 aromatic heterocycles. The van der Waals surface area contributed by atoms with Gasteiger partial charge in [0.05, 0.1) is 12.5 Å². The van der Waals surface area contributed by atoms with Crippen LogP contribution in [-0.4, -0.2) is 73.9 Å². The molecule has 254 valence electrons. The van der Waals surface area contributed by atoms with E-state index in [-0.39, 0.29) is 25.0 Å². The molecule has 4 unspecified atom stereocenters. The van der Waals surface area contributed by atoms with Crippen LogP contribution in [0.5, 0.6) is 5.75 Å². The number of H-pyrrole nitrogens is 2. The number of aromatic hydroxyl groups is 1. The lowest BCUT2D eigenvalue weighted by Crippen LogP contribution is -2.58. The monoisotopic (exact) mass is 667 g/mol. The van der Waals surface area contributed by atoms with Crippen LogP contribution in [0.25, 0.3) is 21.8 Å². The second-order valence-corrected chi connectivity index (χ2v) is 11.8. The number of aromatic amines is 2. The van der Waals surface area contributed by atoms with Crippen molar-refractivity contribution in [2.75, 3.05) is 0 Å². The third kappa shape index (κ3) is 8.61. The molecule has 0 radical (unpaired) electrons. The highest BCUT2D eigenvalue weighted by Crippen LogP contribution is 2.21. The van der Waals surface area contributed by atoms with Crippen molar-refractivity contribution in [2.45, 2.75) is 49.9 Å². The Labute approximate surface area is 280 Å². The largest absolute Gasteiger partial charge is 0.508 e. The fourth-order valence-corrected chi connectivity index (χ4v) is 5.66. The zero-order valence-electron chi connectivity index (χ0n) is 26.3. The maximum absolute atomic E-state index is 13.8. The van der Waals surface area contributed by atoms with Gasteiger partial charge in [-0.25, -0.2) is 4.79 Å². The molecule has 0 fully saturated rings. The number of fused-ring (bicyclic) bond motifs is 2. The van der Waals surface area contributed by atoms with Gasteiger partial charge in [-0.05, 0) is 47.4 Å². The number of phenolic OH excluding ortho intramolecular Hbond substituents is 1. The number of carbonyl (C=O) groups excluding carboxylic acids is 4. The molecule has 0 aliphatic rings. The Bertz CT molecular complexity index is 1990. The van der Waals surface area contributed by atoms with Gasteiger partial charge >= 0.3 is 5.97 Å². The van der Waals surface area contributed by atoms with Crippen LogP contribution in [0.2, 0.25) is 0 Å². The van der Waals surface area contributed by atoms with E-state index in [1.807, 2.05) is 42.5 Å². The van der Waals surface area contributed by atoms with Crippen molar-refractivity contribution in [1.29, 1.82) is 0 Å². The number of aromatic nitrogens is 2. The van der Waals surface area contributed by atoms with Gasteiger partial charge in [0.25, 0.3) is 0 Å². The third-order valence-electron chi connectivity index (χ3n) is 8.21. The number of para-hydroxylation sites is 2. The zero-order valence-corrected chi connectivity index (χ0v) is 26.3. The van der Waals surface area contributed by atoms with Crippen molar-refractivity contribution in [1.82, 2.24) is 25.9 Å². The summed E-state index contributed by atoms with van der Waals surface area (Å²) in [6.45, 7) is 0. The first-order valence-corrected chi connectivity index (χ1v) is 15.5. The second-order valence-electron chi connectivity index (χ2n) is 11.8. The van der Waals surface area contributed by atoms with E-state index in [1.54, 1.807) is 30.6 Å². The number of hydrogen-bond donors (Lipinski definition) is 9. The molecule has 0 bridgehead atoms. The fourth-order valence-electron chi connectivity index (χ4n) is 5.66. The van der Waals surface area contributed by atoms with Gasteiger partial charge in [-0.2, -0.15) is 0 Å². The standard InChI is InChI=1S/C35H37N7O7/c36-25(13-19-9-11-22(43)12-10-19)32(45)40-28(14-20-17-38-26-7-3-1-5-23(20)26)33(46)41-29(16-31(37)44)34(47)42-30(35(48)49)15-21-18-39-27-8-4-2-6-24(21)27/h1-12,17-18,25,28-30,38-39,43H,13-16,36H2,(H2,37,44)(H,40,45)(H,41,46)(H,42,47)(H,48,49). The molecular weight excluding hydrogens is 630 g/mol. The second kappa shape index (κ2) is 15.2. The Balaban J connectivity index is 1.34. The van der Waals surface area contributed by atoms with Crippen LogP contribution in [-0.2, 0) is 43.2 Å². The summed E-state index contributed by atoms with van der Waals surface area (Å²) in [4.78, 5) is 71.0. The summed E-state index contributed by atoms with van der Waals surface area (Å²) in [5.41, 5.74) is 15.2. The summed E-state index contributed by atoms with van der Waals surface area (Å²) in [5, 5.41) is 28.7. The maximum Gasteiger partial charge on any atom is 0.326 e. The van der Waals surface area contributed by atoms with E-state index in [2.05, 4.69) is 25.9 Å². The van der Waals surface area contributed by atoms with Gasteiger partial charge in [-0.3, -0.25) is 19.2 Å². The number of carbonyl (C=O) groups is 5. The lowest BCUT2D eigenvalue weighted by molar-refractivity contribution is -0.142. The van der Waals surface area contributed by atoms with Gasteiger partial charge in [0, 0.05) is 47.0 Å². The SMILES string of the molecule is NC(=O)CC(NC(=O)C(Cc1c[nH]c2ccccc12)NC(=O)C(N)Cc1ccc(O)cc1)C(=O)NC(Cc1c[nH]c2ccccc12)C(=O)O. The summed E-state index contributed by atoms with van der Waals surface area (Å²) < 4.78 is 0. The number of benzene rings is 3. The molecule has 3 aromatic carbocycles. The van der Waals surface area contributed by atoms with Crippen LogP contribution < -0.4 is 27.4 Å². The molecule has 4 atom stereocenters. The number of phenols is 1. The van der Waals surface area contributed by atoms with Crippen molar-refractivity contribution in [2.24, 2.45) is 11.5 Å². The smallest absolute Gasteiger partial charge is 0.326 e. The molecule has 0 saturated heterocycles. The molecule has 11 N–H and O–H groups in total. The van der Waals surface area contributed by atoms with E-state index in [9.17, 15) is 34.2 Å². The number of aliphatic carboxylic acids is 1. The molecule has 4 amide bonds. The lowest BCUT2D eigenvalue weighted by Gasteiger charge is -2.25. The van der Waals surface area contributed by atoms with Crippen molar-refractivity contribution in [3.8, 4) is 5.75 Å². The molecule has 0 saturated carbocycles. The first kappa shape index (κ1) is 34.2. The van der Waals surface area contributed by atoms with E-state index in [0.29, 0.717) is 16.7 Å². The number of hydrogen-bond acceptors (Lipinski definition) is 7. The highest BCUT2D eigenvalue weighted by atomic mass is 16.4. The minimum Gasteiger partial charge on any atom is -0.508 e. The first-order chi connectivity index (χ1) is 23.5. The van der Waals surface area contributed by atoms with Crippen LogP contribution >= 0.6 is 0 Å². The number of carboxylic acids is 1. The van der Waals surface area contributed by atoms with E-state index >= 15 is 0 Å². The van der Waals surface area contributed by atoms with Crippen molar-refractivity contribution < 1.29 is 34.2 Å². The highest BCUT2D eigenvalue weighted by molar-refractivity contribution is 5.97. The van der Waals surface area contributed by atoms with Gasteiger partial charge in [-0.1, -0.05) is 48.5 Å². The Morgan fingerprint density at radius 3 is 1.69 bits per heavy atom. The molecule has 5 aromatic rings. The summed E-state index contributed by atoms with van der Waals surface area (Å²) >= 11 is 0. The molecular formula is C35H37N7O7. The summed E-state index contributed by atoms with van der Waals surface area (Å²) in [6, 6.07) is 15.5. The van der Waals surface area contributed by atoms with Crippen molar-refractivity contribution in [3.05, 3.63) is 102 Å². The van der Waals surface area contributed by atoms with E-state index < -0.39 is 60.2 Å². The van der Waals surface area contributed by atoms with Crippen LogP contribution in [0.15, 0.2) is 85.2 Å². The molecule has 5 rings (SSSR count). The molecule has 0 aliphatic heterocycles. The van der Waals surface area contributed by atoms with Gasteiger partial charge in [-0.15, -0.1) is 0 Å². The van der Waals surface area contributed by atoms with Crippen molar-refractivity contribution in [3.63, 3.8) is 0 Å². The molecule has 0 spiro atoms. The number of primary amides is 1. The summed E-state index contributed by atoms with van der Waals surface area (Å²) in [6.07, 6.45) is 2.72. The van der Waals surface area contributed by atoms with E-state index in [0.717, 1.165) is 21.8 Å². The first-order valence-electron chi connectivity index (χ1n) is 15.5. The maximum atomic E-state index is 13.8. The number of carboxylic acid groups (broad SMARTS) is 1. The van der Waals surface area contributed by atoms with Crippen molar-refractivity contribution >= 4 is 51.4 Å². The third-order valence-corrected chi connectivity index (χ3v) is 8.21. The summed E-state index contributed by atoms with van der Waals surface area (Å²) in [5.74, 6) is -4.61. The quantitative estimate of drug-likeness (QED) is 0.0781. The molecule has 49 heavy (non-hydrogen) atoms.